The van der Waals surface area contributed by atoms with Gasteiger partial charge in [0.2, 0.25) is 0 Å². The van der Waals surface area contributed by atoms with Crippen LogP contribution in [0.3, 0.4) is 0 Å². The fourth-order valence-corrected chi connectivity index (χ4v) is 4.25. The largest absolute Gasteiger partial charge is 0.494 e. The first-order chi connectivity index (χ1) is 13.6. The molecular formula is C22H22N2O3S. The van der Waals surface area contributed by atoms with E-state index in [2.05, 4.69) is 0 Å². The summed E-state index contributed by atoms with van der Waals surface area (Å²) in [7, 11) is 0. The Morgan fingerprint density at radius 3 is 2.61 bits per heavy atom. The zero-order valence-electron chi connectivity index (χ0n) is 15.9. The van der Waals surface area contributed by atoms with Crippen LogP contribution in [0.1, 0.15) is 43.1 Å². The molecule has 1 atom stereocenters. The number of ether oxygens (including phenoxy) is 1. The minimum Gasteiger partial charge on any atom is -0.494 e. The van der Waals surface area contributed by atoms with E-state index < -0.39 is 0 Å². The molecule has 1 fully saturated rings. The molecule has 2 aromatic carbocycles. The summed E-state index contributed by atoms with van der Waals surface area (Å²) in [6.45, 7) is 4.38. The molecule has 4 rings (SSSR count). The van der Waals surface area contributed by atoms with Crippen molar-refractivity contribution < 1.29 is 9.53 Å². The number of aromatic nitrogens is 2. The second-order valence-electron chi connectivity index (χ2n) is 6.90. The van der Waals surface area contributed by atoms with Gasteiger partial charge in [-0.25, -0.2) is 4.98 Å². The fraction of sp³-hybridized carbons (Fsp3) is 0.318. The molecule has 1 heterocycles. The van der Waals surface area contributed by atoms with Crippen LogP contribution in [0.15, 0.2) is 58.5 Å². The predicted octanol–water partition coefficient (Wildman–Crippen LogP) is 4.49. The van der Waals surface area contributed by atoms with Gasteiger partial charge in [-0.2, -0.15) is 0 Å². The zero-order valence-corrected chi connectivity index (χ0v) is 16.7. The van der Waals surface area contributed by atoms with Gasteiger partial charge < -0.3 is 4.74 Å². The summed E-state index contributed by atoms with van der Waals surface area (Å²) in [5.74, 6) is 0.760. The molecule has 1 aliphatic rings. The van der Waals surface area contributed by atoms with Gasteiger partial charge in [-0.15, -0.1) is 0 Å². The van der Waals surface area contributed by atoms with Gasteiger partial charge in [0, 0.05) is 11.6 Å². The highest BCUT2D eigenvalue weighted by Crippen LogP contribution is 2.38. The molecule has 1 aromatic heterocycles. The number of rotatable bonds is 7. The molecule has 0 unspecified atom stereocenters. The molecular weight excluding hydrogens is 372 g/mol. The zero-order chi connectivity index (χ0) is 19.7. The Kier molecular flexibility index (Phi) is 5.22. The van der Waals surface area contributed by atoms with Gasteiger partial charge in [-0.1, -0.05) is 23.9 Å². The number of para-hydroxylation sites is 1. The number of hydrogen-bond donors (Lipinski definition) is 0. The van der Waals surface area contributed by atoms with Gasteiger partial charge in [-0.05, 0) is 63.1 Å². The van der Waals surface area contributed by atoms with Crippen molar-refractivity contribution in [1.29, 1.82) is 0 Å². The topological polar surface area (TPSA) is 61.2 Å². The number of hydrogen-bond acceptors (Lipinski definition) is 5. The predicted molar refractivity (Wildman–Crippen MR) is 112 cm³/mol. The lowest BCUT2D eigenvalue weighted by atomic mass is 10.1. The number of carbonyl (C=O) groups is 1. The Morgan fingerprint density at radius 1 is 1.21 bits per heavy atom. The minimum absolute atomic E-state index is 0.0119. The van der Waals surface area contributed by atoms with Crippen LogP contribution >= 0.6 is 11.8 Å². The molecule has 5 nitrogen and oxygen atoms in total. The van der Waals surface area contributed by atoms with Crippen LogP contribution in [0.25, 0.3) is 10.9 Å². The highest BCUT2D eigenvalue weighted by molar-refractivity contribution is 8.00. The Hall–Kier alpha value is -2.60. The van der Waals surface area contributed by atoms with Gasteiger partial charge in [-0.3, -0.25) is 14.2 Å². The Morgan fingerprint density at radius 2 is 1.93 bits per heavy atom. The normalized spacial score (nSPS) is 14.8. The maximum absolute atomic E-state index is 13.0. The van der Waals surface area contributed by atoms with Crippen molar-refractivity contribution in [1.82, 2.24) is 9.55 Å². The van der Waals surface area contributed by atoms with Crippen LogP contribution in [0.5, 0.6) is 5.75 Å². The standard InChI is InChI=1S/C22H22N2O3S/c1-3-27-17-12-8-15(9-13-17)20(25)14(2)28-22-23-19-7-5-4-6-18(19)21(26)24(22)16-10-11-16/h4-9,12-14,16H,3,10-11H2,1-2H3/t14-/m1/s1. The summed E-state index contributed by atoms with van der Waals surface area (Å²) in [6, 6.07) is 14.8. The SMILES string of the molecule is CCOc1ccc(C(=O)[C@@H](C)Sc2nc3ccccc3c(=O)n2C2CC2)cc1. The third kappa shape index (κ3) is 3.69. The number of ketones is 1. The maximum Gasteiger partial charge on any atom is 0.262 e. The van der Waals surface area contributed by atoms with Crippen LogP contribution in [0.2, 0.25) is 0 Å². The fourth-order valence-electron chi connectivity index (χ4n) is 3.19. The monoisotopic (exact) mass is 394 g/mol. The van der Waals surface area contributed by atoms with Crippen molar-refractivity contribution in [2.45, 2.75) is 43.1 Å². The number of fused-ring (bicyclic) bond motifs is 1. The molecule has 0 spiro atoms. The molecule has 0 radical (unpaired) electrons. The number of benzene rings is 2. The number of carbonyl (C=O) groups excluding carboxylic acids is 1. The Balaban J connectivity index is 1.62. The molecule has 144 valence electrons. The lowest BCUT2D eigenvalue weighted by Crippen LogP contribution is -2.24. The first-order valence-electron chi connectivity index (χ1n) is 9.53. The highest BCUT2D eigenvalue weighted by Gasteiger charge is 2.30. The van der Waals surface area contributed by atoms with E-state index in [1.165, 1.54) is 11.8 Å². The molecule has 0 amide bonds. The average Bonchev–Trinajstić information content (AvgIpc) is 3.53. The van der Waals surface area contributed by atoms with Crippen molar-refractivity contribution in [3.63, 3.8) is 0 Å². The van der Waals surface area contributed by atoms with Gasteiger partial charge in [0.05, 0.1) is 22.8 Å². The lowest BCUT2D eigenvalue weighted by Gasteiger charge is -2.15. The van der Waals surface area contributed by atoms with Gasteiger partial charge in [0.25, 0.3) is 5.56 Å². The average molecular weight is 394 g/mol. The van der Waals surface area contributed by atoms with Crippen molar-refractivity contribution in [2.75, 3.05) is 6.61 Å². The molecule has 1 aliphatic carbocycles. The Bertz CT molecular complexity index is 1070. The van der Waals surface area contributed by atoms with E-state index in [9.17, 15) is 9.59 Å². The first kappa shape index (κ1) is 18.7. The summed E-state index contributed by atoms with van der Waals surface area (Å²) >= 11 is 1.36. The molecule has 1 saturated carbocycles. The summed E-state index contributed by atoms with van der Waals surface area (Å²) < 4.78 is 7.21. The lowest BCUT2D eigenvalue weighted by molar-refractivity contribution is 0.0993. The van der Waals surface area contributed by atoms with Crippen molar-refractivity contribution in [2.24, 2.45) is 0 Å². The third-order valence-electron chi connectivity index (χ3n) is 4.79. The van der Waals surface area contributed by atoms with Gasteiger partial charge >= 0.3 is 0 Å². The second kappa shape index (κ2) is 7.80. The Labute approximate surface area is 167 Å². The number of nitrogens with zero attached hydrogens (tertiary/aromatic N) is 2. The molecule has 0 saturated heterocycles. The summed E-state index contributed by atoms with van der Waals surface area (Å²) in [5, 5.41) is 0.901. The smallest absolute Gasteiger partial charge is 0.262 e. The van der Waals surface area contributed by atoms with Gasteiger partial charge in [0.15, 0.2) is 10.9 Å². The summed E-state index contributed by atoms with van der Waals surface area (Å²) in [6.07, 6.45) is 1.96. The van der Waals surface area contributed by atoms with E-state index in [4.69, 9.17) is 9.72 Å². The summed E-state index contributed by atoms with van der Waals surface area (Å²) in [5.41, 5.74) is 1.29. The van der Waals surface area contributed by atoms with Crippen LogP contribution in [-0.4, -0.2) is 27.2 Å². The van der Waals surface area contributed by atoms with Crippen LogP contribution in [0, 0.1) is 0 Å². The van der Waals surface area contributed by atoms with E-state index in [1.54, 1.807) is 16.7 Å². The van der Waals surface area contributed by atoms with E-state index in [0.29, 0.717) is 28.2 Å². The number of thioether (sulfide) groups is 1. The van der Waals surface area contributed by atoms with Crippen molar-refractivity contribution >= 4 is 28.4 Å². The number of Topliss-reactive ketones (excluding diaryl/α,β-unsaturated/α-hetero) is 1. The minimum atomic E-state index is -0.351. The van der Waals surface area contributed by atoms with E-state index in [0.717, 1.165) is 18.6 Å². The molecule has 6 heteroatoms. The van der Waals surface area contributed by atoms with Crippen molar-refractivity contribution in [3.8, 4) is 5.75 Å². The third-order valence-corrected chi connectivity index (χ3v) is 5.86. The van der Waals surface area contributed by atoms with E-state index in [-0.39, 0.29) is 22.6 Å². The maximum atomic E-state index is 13.0. The van der Waals surface area contributed by atoms with Crippen molar-refractivity contribution in [3.05, 3.63) is 64.4 Å². The highest BCUT2D eigenvalue weighted by atomic mass is 32.2. The van der Waals surface area contributed by atoms with E-state index >= 15 is 0 Å². The second-order valence-corrected chi connectivity index (χ2v) is 8.21. The van der Waals surface area contributed by atoms with Gasteiger partial charge in [0.1, 0.15) is 5.75 Å². The molecule has 3 aromatic rings. The quantitative estimate of drug-likeness (QED) is 0.336. The molecule has 0 aliphatic heterocycles. The first-order valence-corrected chi connectivity index (χ1v) is 10.4. The van der Waals surface area contributed by atoms with Crippen LogP contribution in [0.4, 0.5) is 0 Å². The van der Waals surface area contributed by atoms with E-state index in [1.807, 2.05) is 50.2 Å². The molecule has 28 heavy (non-hydrogen) atoms. The molecule has 0 N–H and O–H groups in total. The molecule has 0 bridgehead atoms. The van der Waals surface area contributed by atoms with Crippen LogP contribution in [-0.2, 0) is 0 Å². The van der Waals surface area contributed by atoms with Crippen LogP contribution < -0.4 is 10.3 Å². The summed E-state index contributed by atoms with van der Waals surface area (Å²) in [4.78, 5) is 30.6.